The standard InChI is InChI=1S/C38H41Cl2N3O5S/c1-49(46,47)43(31-20-22-32(23-21-31)48-27-29-14-7-3-8-15-29)26-37(44)42(25-33-34(39)18-11-19-35(33)40)36(24-28-12-5-2-6-13-28)38(45)41-30-16-9-4-10-17-30/h2-3,5-8,11-15,18-23,30,36H,4,9-10,16-17,24-27H2,1H3,(H,41,45)/t36-/m0/s1. The number of halogens is 2. The monoisotopic (exact) mass is 721 g/mol. The molecule has 11 heteroatoms. The minimum absolute atomic E-state index is 0.00415. The topological polar surface area (TPSA) is 96.0 Å². The van der Waals surface area contributed by atoms with Crippen molar-refractivity contribution < 1.29 is 22.7 Å². The molecule has 0 aliphatic heterocycles. The second-order valence-corrected chi connectivity index (χ2v) is 15.0. The predicted molar refractivity (Wildman–Crippen MR) is 195 cm³/mol. The summed E-state index contributed by atoms with van der Waals surface area (Å²) in [6.07, 6.45) is 6.14. The molecule has 1 saturated carbocycles. The van der Waals surface area contributed by atoms with Crippen molar-refractivity contribution in [1.29, 1.82) is 0 Å². The third-order valence-electron chi connectivity index (χ3n) is 8.67. The van der Waals surface area contributed by atoms with E-state index in [9.17, 15) is 18.0 Å². The number of nitrogens with zero attached hydrogens (tertiary/aromatic N) is 2. The van der Waals surface area contributed by atoms with Crippen molar-refractivity contribution in [3.05, 3.63) is 130 Å². The van der Waals surface area contributed by atoms with Crippen LogP contribution in [0, 0.1) is 0 Å². The number of hydrogen-bond acceptors (Lipinski definition) is 5. The highest BCUT2D eigenvalue weighted by molar-refractivity contribution is 7.92. The van der Waals surface area contributed by atoms with E-state index in [0.29, 0.717) is 28.0 Å². The van der Waals surface area contributed by atoms with Crippen molar-refractivity contribution in [2.75, 3.05) is 17.1 Å². The van der Waals surface area contributed by atoms with Crippen LogP contribution in [0.2, 0.25) is 10.0 Å². The van der Waals surface area contributed by atoms with E-state index in [1.807, 2.05) is 60.7 Å². The molecule has 2 amide bonds. The summed E-state index contributed by atoms with van der Waals surface area (Å²) in [6.45, 7) is -0.302. The van der Waals surface area contributed by atoms with E-state index in [2.05, 4.69) is 5.32 Å². The highest BCUT2D eigenvalue weighted by Crippen LogP contribution is 2.29. The Balaban J connectivity index is 1.46. The Morgan fingerprint density at radius 1 is 0.816 bits per heavy atom. The molecule has 0 heterocycles. The van der Waals surface area contributed by atoms with Crippen LogP contribution < -0.4 is 14.4 Å². The lowest BCUT2D eigenvalue weighted by Crippen LogP contribution is -2.55. The zero-order valence-electron chi connectivity index (χ0n) is 27.4. The first kappa shape index (κ1) is 36.2. The van der Waals surface area contributed by atoms with E-state index in [1.54, 1.807) is 42.5 Å². The van der Waals surface area contributed by atoms with Crippen LogP contribution in [0.5, 0.6) is 5.75 Å². The van der Waals surface area contributed by atoms with Crippen LogP contribution in [0.15, 0.2) is 103 Å². The molecule has 1 fully saturated rings. The number of ether oxygens (including phenoxy) is 1. The van der Waals surface area contributed by atoms with E-state index in [-0.39, 0.29) is 30.6 Å². The van der Waals surface area contributed by atoms with Gasteiger partial charge in [0.1, 0.15) is 24.9 Å². The van der Waals surface area contributed by atoms with Crippen LogP contribution in [0.25, 0.3) is 0 Å². The fourth-order valence-corrected chi connectivity index (χ4v) is 7.38. The average molecular weight is 723 g/mol. The molecule has 0 aromatic heterocycles. The minimum Gasteiger partial charge on any atom is -0.489 e. The third kappa shape index (κ3) is 10.2. The van der Waals surface area contributed by atoms with Crippen LogP contribution >= 0.6 is 23.2 Å². The molecule has 4 aromatic rings. The number of anilines is 1. The van der Waals surface area contributed by atoms with Crippen molar-refractivity contribution >= 4 is 50.7 Å². The molecule has 0 saturated heterocycles. The summed E-state index contributed by atoms with van der Waals surface area (Å²) < 4.78 is 33.3. The highest BCUT2D eigenvalue weighted by atomic mass is 35.5. The van der Waals surface area contributed by atoms with Crippen molar-refractivity contribution in [2.45, 2.75) is 63.8 Å². The van der Waals surface area contributed by atoms with Crippen LogP contribution in [0.4, 0.5) is 5.69 Å². The minimum atomic E-state index is -3.94. The molecule has 258 valence electrons. The lowest BCUT2D eigenvalue weighted by atomic mass is 9.94. The molecular formula is C38H41Cl2N3O5S. The smallest absolute Gasteiger partial charge is 0.244 e. The lowest BCUT2D eigenvalue weighted by Gasteiger charge is -2.35. The quantitative estimate of drug-likeness (QED) is 0.146. The summed E-state index contributed by atoms with van der Waals surface area (Å²) in [7, 11) is -3.94. The van der Waals surface area contributed by atoms with Gasteiger partial charge < -0.3 is 15.0 Å². The molecule has 0 bridgehead atoms. The fourth-order valence-electron chi connectivity index (χ4n) is 6.02. The Bertz CT molecular complexity index is 1780. The van der Waals surface area contributed by atoms with Crippen molar-refractivity contribution in [3.63, 3.8) is 0 Å². The van der Waals surface area contributed by atoms with Gasteiger partial charge in [-0.05, 0) is 60.4 Å². The molecule has 1 aliphatic carbocycles. The Morgan fingerprint density at radius 2 is 1.41 bits per heavy atom. The zero-order valence-corrected chi connectivity index (χ0v) is 29.8. The Labute approximate surface area is 299 Å². The summed E-state index contributed by atoms with van der Waals surface area (Å²) in [5.41, 5.74) is 2.59. The number of benzene rings is 4. The zero-order chi connectivity index (χ0) is 34.8. The first-order valence-corrected chi connectivity index (χ1v) is 19.0. The molecule has 4 aromatic carbocycles. The Hall–Kier alpha value is -4.05. The summed E-state index contributed by atoms with van der Waals surface area (Å²) in [5.74, 6) is -0.340. The SMILES string of the molecule is CS(=O)(=O)N(CC(=O)N(Cc1c(Cl)cccc1Cl)[C@@H](Cc1ccccc1)C(=O)NC1CCCCC1)c1ccc(OCc2ccccc2)cc1. The van der Waals surface area contributed by atoms with Gasteiger partial charge in [0.15, 0.2) is 0 Å². The van der Waals surface area contributed by atoms with Gasteiger partial charge in [-0.3, -0.25) is 13.9 Å². The normalized spacial score (nSPS) is 14.1. The Morgan fingerprint density at radius 3 is 2.00 bits per heavy atom. The van der Waals surface area contributed by atoms with Crippen molar-refractivity contribution in [3.8, 4) is 5.75 Å². The molecule has 49 heavy (non-hydrogen) atoms. The third-order valence-corrected chi connectivity index (χ3v) is 10.5. The first-order valence-electron chi connectivity index (χ1n) is 16.4. The number of rotatable bonds is 14. The number of nitrogens with one attached hydrogen (secondary N) is 1. The summed E-state index contributed by atoms with van der Waals surface area (Å²) in [4.78, 5) is 30.1. The van der Waals surface area contributed by atoms with Gasteiger partial charge in [-0.2, -0.15) is 0 Å². The summed E-state index contributed by atoms with van der Waals surface area (Å²) >= 11 is 13.2. The maximum atomic E-state index is 14.5. The van der Waals surface area contributed by atoms with Crippen LogP contribution in [-0.4, -0.2) is 50.0 Å². The van der Waals surface area contributed by atoms with Gasteiger partial charge >= 0.3 is 0 Å². The molecule has 0 radical (unpaired) electrons. The maximum Gasteiger partial charge on any atom is 0.244 e. The van der Waals surface area contributed by atoms with Gasteiger partial charge in [-0.1, -0.05) is 109 Å². The molecular weight excluding hydrogens is 681 g/mol. The average Bonchev–Trinajstić information content (AvgIpc) is 3.10. The van der Waals surface area contributed by atoms with E-state index in [0.717, 1.165) is 53.8 Å². The Kier molecular flexibility index (Phi) is 12.6. The molecule has 1 N–H and O–H groups in total. The number of sulfonamides is 1. The molecule has 1 atom stereocenters. The summed E-state index contributed by atoms with van der Waals surface area (Å²) in [5, 5.41) is 3.86. The molecule has 8 nitrogen and oxygen atoms in total. The second-order valence-electron chi connectivity index (χ2n) is 12.3. The van der Waals surface area contributed by atoms with Crippen molar-refractivity contribution in [2.24, 2.45) is 0 Å². The number of amides is 2. The van der Waals surface area contributed by atoms with E-state index < -0.39 is 28.5 Å². The van der Waals surface area contributed by atoms with E-state index >= 15 is 0 Å². The van der Waals surface area contributed by atoms with Gasteiger partial charge in [0, 0.05) is 34.6 Å². The number of carbonyl (C=O) groups is 2. The summed E-state index contributed by atoms with van der Waals surface area (Å²) in [6, 6.07) is 29.7. The van der Waals surface area contributed by atoms with Gasteiger partial charge in [-0.25, -0.2) is 8.42 Å². The van der Waals surface area contributed by atoms with Crippen LogP contribution in [0.3, 0.4) is 0 Å². The lowest BCUT2D eigenvalue weighted by molar-refractivity contribution is -0.140. The fraction of sp³-hybridized carbons (Fsp3) is 0.316. The van der Waals surface area contributed by atoms with E-state index in [4.69, 9.17) is 27.9 Å². The largest absolute Gasteiger partial charge is 0.489 e. The van der Waals surface area contributed by atoms with Crippen LogP contribution in [0.1, 0.15) is 48.8 Å². The number of carbonyl (C=O) groups excluding carboxylic acids is 2. The van der Waals surface area contributed by atoms with E-state index in [1.165, 1.54) is 4.90 Å². The van der Waals surface area contributed by atoms with Crippen LogP contribution in [-0.2, 0) is 39.2 Å². The van der Waals surface area contributed by atoms with Gasteiger partial charge in [0.25, 0.3) is 0 Å². The highest BCUT2D eigenvalue weighted by Gasteiger charge is 2.34. The maximum absolute atomic E-state index is 14.5. The van der Waals surface area contributed by atoms with Gasteiger partial charge in [-0.15, -0.1) is 0 Å². The predicted octanol–water partition coefficient (Wildman–Crippen LogP) is 7.43. The van der Waals surface area contributed by atoms with Gasteiger partial charge in [0.2, 0.25) is 21.8 Å². The molecule has 0 unspecified atom stereocenters. The molecule has 5 rings (SSSR count). The van der Waals surface area contributed by atoms with Crippen molar-refractivity contribution in [1.82, 2.24) is 10.2 Å². The molecule has 1 aliphatic rings. The number of hydrogen-bond donors (Lipinski definition) is 1. The second kappa shape index (κ2) is 17.1. The van der Waals surface area contributed by atoms with Gasteiger partial charge in [0.05, 0.1) is 11.9 Å². The molecule has 0 spiro atoms. The first-order chi connectivity index (χ1) is 23.6.